The summed E-state index contributed by atoms with van der Waals surface area (Å²) in [5.74, 6) is -0.467. The summed E-state index contributed by atoms with van der Waals surface area (Å²) in [5.41, 5.74) is 1.89. The van der Waals surface area contributed by atoms with E-state index in [9.17, 15) is 14.0 Å². The molecule has 0 aliphatic carbocycles. The standard InChI is InChI=1S/C28H29FN2O5/c1-16(2)24-23(26(32)34-6)22(17-11-13-18(29)14-12-17)19-15-35-21-10-8-7-9-20(21)31(25(19)30-24)27(33)36-28(3,4)5/h7-14,16H,15H2,1-6H3. The van der Waals surface area contributed by atoms with Gasteiger partial charge in [0.05, 0.1) is 24.1 Å². The first-order valence-electron chi connectivity index (χ1n) is 11.7. The van der Waals surface area contributed by atoms with Gasteiger partial charge in [0.2, 0.25) is 0 Å². The van der Waals surface area contributed by atoms with Gasteiger partial charge in [-0.2, -0.15) is 0 Å². The zero-order chi connectivity index (χ0) is 26.2. The van der Waals surface area contributed by atoms with Gasteiger partial charge in [0, 0.05) is 11.1 Å². The molecule has 0 radical (unpaired) electrons. The number of carbonyl (C=O) groups is 2. The van der Waals surface area contributed by atoms with E-state index >= 15 is 0 Å². The van der Waals surface area contributed by atoms with Crippen LogP contribution in [0.15, 0.2) is 48.5 Å². The number of para-hydroxylation sites is 2. The van der Waals surface area contributed by atoms with E-state index in [1.807, 2.05) is 13.8 Å². The van der Waals surface area contributed by atoms with Gasteiger partial charge in [0.1, 0.15) is 29.6 Å². The Labute approximate surface area is 209 Å². The van der Waals surface area contributed by atoms with E-state index in [0.29, 0.717) is 33.8 Å². The Balaban J connectivity index is 2.11. The number of aromatic nitrogens is 1. The molecule has 8 heteroatoms. The molecule has 0 saturated carbocycles. The first-order chi connectivity index (χ1) is 17.0. The second-order valence-electron chi connectivity index (χ2n) is 9.77. The highest BCUT2D eigenvalue weighted by Crippen LogP contribution is 2.45. The number of hydrogen-bond acceptors (Lipinski definition) is 6. The zero-order valence-electron chi connectivity index (χ0n) is 21.2. The number of hydrogen-bond donors (Lipinski definition) is 0. The van der Waals surface area contributed by atoms with Crippen LogP contribution in [-0.2, 0) is 16.1 Å². The molecule has 0 saturated heterocycles. The molecule has 0 N–H and O–H groups in total. The van der Waals surface area contributed by atoms with E-state index in [2.05, 4.69) is 0 Å². The minimum atomic E-state index is -0.772. The number of fused-ring (bicyclic) bond motifs is 2. The summed E-state index contributed by atoms with van der Waals surface area (Å²) < 4.78 is 30.9. The number of carbonyl (C=O) groups excluding carboxylic acids is 2. The summed E-state index contributed by atoms with van der Waals surface area (Å²) in [6.07, 6.45) is -0.639. The smallest absolute Gasteiger partial charge is 0.420 e. The van der Waals surface area contributed by atoms with Crippen molar-refractivity contribution in [3.8, 4) is 16.9 Å². The second kappa shape index (κ2) is 9.60. The molecule has 0 bridgehead atoms. The molecular weight excluding hydrogens is 463 g/mol. The van der Waals surface area contributed by atoms with Crippen LogP contribution in [-0.4, -0.2) is 29.8 Å². The van der Waals surface area contributed by atoms with Crippen LogP contribution in [0.3, 0.4) is 0 Å². The highest BCUT2D eigenvalue weighted by atomic mass is 19.1. The van der Waals surface area contributed by atoms with Crippen molar-refractivity contribution in [2.75, 3.05) is 12.0 Å². The van der Waals surface area contributed by atoms with Crippen LogP contribution in [0, 0.1) is 5.82 Å². The van der Waals surface area contributed by atoms with Gasteiger partial charge in [0.15, 0.2) is 0 Å². The molecule has 0 spiro atoms. The molecule has 0 unspecified atom stereocenters. The number of anilines is 2. The maximum atomic E-state index is 13.8. The molecular formula is C28H29FN2O5. The minimum absolute atomic E-state index is 0.00766. The number of methoxy groups -OCH3 is 1. The monoisotopic (exact) mass is 492 g/mol. The number of amides is 1. The first kappa shape index (κ1) is 25.2. The lowest BCUT2D eigenvalue weighted by Gasteiger charge is -2.29. The fourth-order valence-corrected chi connectivity index (χ4v) is 4.13. The van der Waals surface area contributed by atoms with Crippen molar-refractivity contribution in [1.82, 2.24) is 4.98 Å². The quantitative estimate of drug-likeness (QED) is 0.376. The SMILES string of the molecule is COC(=O)c1c(C(C)C)nc2c(c1-c1ccc(F)cc1)COc1ccccc1N2C(=O)OC(C)(C)C. The Bertz CT molecular complexity index is 1310. The van der Waals surface area contributed by atoms with Crippen LogP contribution >= 0.6 is 0 Å². The summed E-state index contributed by atoms with van der Waals surface area (Å²) >= 11 is 0. The van der Waals surface area contributed by atoms with Crippen molar-refractivity contribution in [2.24, 2.45) is 0 Å². The molecule has 1 amide bonds. The van der Waals surface area contributed by atoms with Crippen molar-refractivity contribution in [1.29, 1.82) is 0 Å². The Morgan fingerprint density at radius 3 is 2.36 bits per heavy atom. The number of pyridine rings is 1. The maximum Gasteiger partial charge on any atom is 0.420 e. The molecule has 7 nitrogen and oxygen atoms in total. The molecule has 36 heavy (non-hydrogen) atoms. The van der Waals surface area contributed by atoms with E-state index in [1.165, 1.54) is 24.1 Å². The molecule has 3 aromatic rings. The van der Waals surface area contributed by atoms with E-state index < -0.39 is 23.5 Å². The fourth-order valence-electron chi connectivity index (χ4n) is 4.13. The highest BCUT2D eigenvalue weighted by molar-refractivity contribution is 6.04. The number of benzene rings is 2. The first-order valence-corrected chi connectivity index (χ1v) is 11.7. The van der Waals surface area contributed by atoms with Crippen LogP contribution in [0.4, 0.5) is 20.7 Å². The van der Waals surface area contributed by atoms with E-state index in [0.717, 1.165) is 0 Å². The van der Waals surface area contributed by atoms with Gasteiger partial charge in [-0.1, -0.05) is 38.1 Å². The number of esters is 1. The molecule has 4 rings (SSSR count). The number of ether oxygens (including phenoxy) is 3. The van der Waals surface area contributed by atoms with Crippen molar-refractivity contribution in [3.63, 3.8) is 0 Å². The highest BCUT2D eigenvalue weighted by Gasteiger charge is 2.36. The van der Waals surface area contributed by atoms with Crippen molar-refractivity contribution >= 4 is 23.6 Å². The van der Waals surface area contributed by atoms with Crippen molar-refractivity contribution < 1.29 is 28.2 Å². The third-order valence-corrected chi connectivity index (χ3v) is 5.64. The topological polar surface area (TPSA) is 78.0 Å². The summed E-state index contributed by atoms with van der Waals surface area (Å²) in [6.45, 7) is 9.15. The van der Waals surface area contributed by atoms with E-state index in [4.69, 9.17) is 19.2 Å². The summed E-state index contributed by atoms with van der Waals surface area (Å²) in [7, 11) is 1.30. The minimum Gasteiger partial charge on any atom is -0.487 e. The van der Waals surface area contributed by atoms with Crippen LogP contribution in [0.1, 0.15) is 62.2 Å². The number of nitrogens with zero attached hydrogens (tertiary/aromatic N) is 2. The lowest BCUT2D eigenvalue weighted by atomic mass is 9.90. The van der Waals surface area contributed by atoms with Crippen molar-refractivity contribution in [2.45, 2.75) is 52.7 Å². The van der Waals surface area contributed by atoms with Gasteiger partial charge in [-0.25, -0.2) is 23.9 Å². The Hall–Kier alpha value is -3.94. The largest absolute Gasteiger partial charge is 0.487 e. The predicted octanol–water partition coefficient (Wildman–Crippen LogP) is 6.76. The molecule has 1 aromatic heterocycles. The molecule has 1 aliphatic rings. The van der Waals surface area contributed by atoms with Crippen LogP contribution in [0.5, 0.6) is 5.75 Å². The van der Waals surface area contributed by atoms with Crippen LogP contribution in [0.25, 0.3) is 11.1 Å². The predicted molar refractivity (Wildman–Crippen MR) is 134 cm³/mol. The lowest BCUT2D eigenvalue weighted by molar-refractivity contribution is 0.0591. The summed E-state index contributed by atoms with van der Waals surface area (Å²) in [6, 6.07) is 12.9. The van der Waals surface area contributed by atoms with Crippen LogP contribution < -0.4 is 9.64 Å². The summed E-state index contributed by atoms with van der Waals surface area (Å²) in [5, 5.41) is 0. The number of rotatable bonds is 3. The fraction of sp³-hybridized carbons (Fsp3) is 0.321. The van der Waals surface area contributed by atoms with E-state index in [1.54, 1.807) is 57.2 Å². The van der Waals surface area contributed by atoms with Gasteiger partial charge in [-0.15, -0.1) is 0 Å². The van der Waals surface area contributed by atoms with E-state index in [-0.39, 0.29) is 23.9 Å². The molecule has 0 fully saturated rings. The third kappa shape index (κ3) is 4.76. The maximum absolute atomic E-state index is 13.8. The Morgan fingerprint density at radius 2 is 1.75 bits per heavy atom. The normalized spacial score (nSPS) is 12.8. The van der Waals surface area contributed by atoms with Gasteiger partial charge >= 0.3 is 12.1 Å². The third-order valence-electron chi connectivity index (χ3n) is 5.64. The van der Waals surface area contributed by atoms with Gasteiger partial charge in [-0.3, -0.25) is 0 Å². The molecule has 1 aliphatic heterocycles. The van der Waals surface area contributed by atoms with Crippen molar-refractivity contribution in [3.05, 3.63) is 71.2 Å². The molecule has 2 aromatic carbocycles. The molecule has 0 atom stereocenters. The molecule has 2 heterocycles. The van der Waals surface area contributed by atoms with Crippen LogP contribution in [0.2, 0.25) is 0 Å². The zero-order valence-corrected chi connectivity index (χ0v) is 21.2. The Kier molecular flexibility index (Phi) is 6.71. The Morgan fingerprint density at radius 1 is 1.08 bits per heavy atom. The van der Waals surface area contributed by atoms with Gasteiger partial charge < -0.3 is 14.2 Å². The second-order valence-corrected chi connectivity index (χ2v) is 9.77. The number of halogens is 1. The summed E-state index contributed by atoms with van der Waals surface area (Å²) in [4.78, 5) is 32.9. The molecule has 188 valence electrons. The lowest BCUT2D eigenvalue weighted by Crippen LogP contribution is -2.35. The van der Waals surface area contributed by atoms with Gasteiger partial charge in [-0.05, 0) is 56.5 Å². The average Bonchev–Trinajstić information content (AvgIpc) is 2.98. The average molecular weight is 493 g/mol. The van der Waals surface area contributed by atoms with Gasteiger partial charge in [0.25, 0.3) is 0 Å².